The minimum absolute atomic E-state index is 0.00631. The Morgan fingerprint density at radius 3 is 2.56 bits per heavy atom. The summed E-state index contributed by atoms with van der Waals surface area (Å²) in [5, 5.41) is 16.8. The molecular formula is C23H27F2N3O6. The number of carboxylic acid groups (broad SMARTS) is 2. The molecule has 2 saturated heterocycles. The van der Waals surface area contributed by atoms with E-state index in [2.05, 4.69) is 15.2 Å². The number of pyridine rings is 1. The Kier molecular flexibility index (Phi) is 11.0. The maximum Gasteiger partial charge on any atom is 0.290 e. The molecule has 34 heavy (non-hydrogen) atoms. The molecule has 184 valence electrons. The lowest BCUT2D eigenvalue weighted by Gasteiger charge is -2.40. The first-order chi connectivity index (χ1) is 16.4. The van der Waals surface area contributed by atoms with Crippen LogP contribution in [0.4, 0.5) is 8.78 Å². The van der Waals surface area contributed by atoms with Gasteiger partial charge in [0.05, 0.1) is 12.0 Å². The average molecular weight is 479 g/mol. The Morgan fingerprint density at radius 1 is 1.18 bits per heavy atom. The van der Waals surface area contributed by atoms with Gasteiger partial charge in [-0.15, -0.1) is 0 Å². The summed E-state index contributed by atoms with van der Waals surface area (Å²) in [5.41, 5.74) is 1.64. The second-order valence-corrected chi connectivity index (χ2v) is 7.67. The van der Waals surface area contributed by atoms with Crippen LogP contribution in [0.15, 0.2) is 42.7 Å². The first-order valence-corrected chi connectivity index (χ1v) is 10.5. The smallest absolute Gasteiger partial charge is 0.290 e. The number of nitrogens with one attached hydrogen (secondary N) is 1. The van der Waals surface area contributed by atoms with Crippen molar-refractivity contribution in [2.24, 2.45) is 5.92 Å². The van der Waals surface area contributed by atoms with E-state index in [4.69, 9.17) is 24.5 Å². The third kappa shape index (κ3) is 7.85. The Balaban J connectivity index is 0.000000618. The van der Waals surface area contributed by atoms with Crippen molar-refractivity contribution in [3.05, 3.63) is 65.5 Å². The van der Waals surface area contributed by atoms with Gasteiger partial charge in [0.1, 0.15) is 0 Å². The second kappa shape index (κ2) is 14.0. The van der Waals surface area contributed by atoms with Gasteiger partial charge >= 0.3 is 0 Å². The van der Waals surface area contributed by atoms with Crippen molar-refractivity contribution >= 4 is 18.9 Å². The van der Waals surface area contributed by atoms with Crippen LogP contribution < -0.4 is 5.32 Å². The number of carbonyl (C=O) groups is 3. The van der Waals surface area contributed by atoms with E-state index in [0.717, 1.165) is 18.1 Å². The van der Waals surface area contributed by atoms with Gasteiger partial charge in [-0.3, -0.25) is 24.3 Å². The van der Waals surface area contributed by atoms with Crippen molar-refractivity contribution in [2.75, 3.05) is 13.2 Å². The maximum absolute atomic E-state index is 13.6. The van der Waals surface area contributed by atoms with E-state index < -0.39 is 11.6 Å². The van der Waals surface area contributed by atoms with Crippen molar-refractivity contribution in [2.45, 2.75) is 38.1 Å². The van der Waals surface area contributed by atoms with Crippen molar-refractivity contribution in [3.8, 4) is 0 Å². The number of aromatic nitrogens is 1. The fourth-order valence-corrected chi connectivity index (χ4v) is 4.13. The van der Waals surface area contributed by atoms with Crippen LogP contribution in [0.5, 0.6) is 0 Å². The van der Waals surface area contributed by atoms with E-state index >= 15 is 0 Å². The monoisotopic (exact) mass is 479 g/mol. The van der Waals surface area contributed by atoms with Crippen LogP contribution in [-0.4, -0.2) is 64.2 Å². The Morgan fingerprint density at radius 2 is 1.91 bits per heavy atom. The van der Waals surface area contributed by atoms with Crippen molar-refractivity contribution in [1.82, 2.24) is 15.2 Å². The van der Waals surface area contributed by atoms with Gasteiger partial charge in [0.2, 0.25) is 5.91 Å². The summed E-state index contributed by atoms with van der Waals surface area (Å²) in [6.45, 7) is 1.63. The number of rotatable bonds is 5. The predicted molar refractivity (Wildman–Crippen MR) is 116 cm³/mol. The highest BCUT2D eigenvalue weighted by molar-refractivity contribution is 5.79. The lowest BCUT2D eigenvalue weighted by Crippen LogP contribution is -2.52. The molecule has 2 fully saturated rings. The molecule has 11 heteroatoms. The number of benzene rings is 1. The van der Waals surface area contributed by atoms with Crippen LogP contribution in [0.1, 0.15) is 24.0 Å². The van der Waals surface area contributed by atoms with Crippen LogP contribution in [0, 0.1) is 17.6 Å². The van der Waals surface area contributed by atoms with E-state index in [1.165, 1.54) is 6.07 Å². The molecule has 0 spiro atoms. The molecule has 0 unspecified atom stereocenters. The summed E-state index contributed by atoms with van der Waals surface area (Å²) in [6.07, 6.45) is 4.98. The zero-order valence-electron chi connectivity index (χ0n) is 18.3. The van der Waals surface area contributed by atoms with E-state index in [0.29, 0.717) is 38.2 Å². The van der Waals surface area contributed by atoms with Gasteiger partial charge in [-0.25, -0.2) is 8.78 Å². The molecule has 3 N–H and O–H groups in total. The lowest BCUT2D eigenvalue weighted by molar-refractivity contribution is -0.130. The molecule has 3 atom stereocenters. The van der Waals surface area contributed by atoms with Gasteiger partial charge in [0.15, 0.2) is 11.6 Å². The first-order valence-electron chi connectivity index (χ1n) is 10.5. The SMILES string of the molecule is O=C(NCc1cccnc1)[C@H]1C[C@H]2OCC[C@H]2N(Cc2ccc(F)c(F)c2)C1.O=CO.O=CO. The van der Waals surface area contributed by atoms with Gasteiger partial charge in [-0.05, 0) is 42.2 Å². The summed E-state index contributed by atoms with van der Waals surface area (Å²) < 4.78 is 32.6. The molecule has 0 aliphatic carbocycles. The number of nitrogens with zero attached hydrogens (tertiary/aromatic N) is 2. The molecule has 2 aliphatic rings. The average Bonchev–Trinajstić information content (AvgIpc) is 3.31. The van der Waals surface area contributed by atoms with E-state index in [1.54, 1.807) is 18.5 Å². The van der Waals surface area contributed by atoms with Crippen LogP contribution in [-0.2, 0) is 32.2 Å². The van der Waals surface area contributed by atoms with Crippen molar-refractivity contribution in [3.63, 3.8) is 0 Å². The normalized spacial score (nSPS) is 21.1. The molecule has 2 aromatic rings. The van der Waals surface area contributed by atoms with Gasteiger partial charge in [0.25, 0.3) is 12.9 Å². The first kappa shape index (κ1) is 26.8. The molecule has 4 rings (SSSR count). The predicted octanol–water partition coefficient (Wildman–Crippen LogP) is 2.06. The molecule has 0 saturated carbocycles. The number of carbonyl (C=O) groups excluding carboxylic acids is 1. The third-order valence-corrected chi connectivity index (χ3v) is 5.55. The number of likely N-dealkylation sites (tertiary alicyclic amines) is 1. The van der Waals surface area contributed by atoms with Crippen LogP contribution in [0.3, 0.4) is 0 Å². The second-order valence-electron chi connectivity index (χ2n) is 7.67. The van der Waals surface area contributed by atoms with E-state index in [1.807, 2.05) is 12.1 Å². The van der Waals surface area contributed by atoms with E-state index in [-0.39, 0.29) is 36.9 Å². The number of hydrogen-bond acceptors (Lipinski definition) is 6. The van der Waals surface area contributed by atoms with Gasteiger partial charge in [0, 0.05) is 44.7 Å². The van der Waals surface area contributed by atoms with Crippen LogP contribution in [0.2, 0.25) is 0 Å². The number of fused-ring (bicyclic) bond motifs is 1. The van der Waals surface area contributed by atoms with Crippen LogP contribution >= 0.6 is 0 Å². The highest BCUT2D eigenvalue weighted by Crippen LogP contribution is 2.32. The highest BCUT2D eigenvalue weighted by atomic mass is 19.2. The molecule has 3 heterocycles. The number of piperidine rings is 1. The molecule has 1 amide bonds. The molecule has 0 bridgehead atoms. The third-order valence-electron chi connectivity index (χ3n) is 5.55. The largest absolute Gasteiger partial charge is 0.483 e. The number of hydrogen-bond donors (Lipinski definition) is 3. The van der Waals surface area contributed by atoms with Crippen molar-refractivity contribution in [1.29, 1.82) is 0 Å². The van der Waals surface area contributed by atoms with Gasteiger partial charge in [-0.2, -0.15) is 0 Å². The van der Waals surface area contributed by atoms with Crippen molar-refractivity contribution < 1.29 is 38.1 Å². The topological polar surface area (TPSA) is 129 Å². The minimum atomic E-state index is -0.850. The summed E-state index contributed by atoms with van der Waals surface area (Å²) >= 11 is 0. The fourth-order valence-electron chi connectivity index (χ4n) is 4.13. The summed E-state index contributed by atoms with van der Waals surface area (Å²) in [7, 11) is 0. The molecular weight excluding hydrogens is 452 g/mol. The zero-order chi connectivity index (χ0) is 24.9. The highest BCUT2D eigenvalue weighted by Gasteiger charge is 2.42. The number of amides is 1. The fraction of sp³-hybridized carbons (Fsp3) is 0.391. The molecule has 9 nitrogen and oxygen atoms in total. The maximum atomic E-state index is 13.6. The summed E-state index contributed by atoms with van der Waals surface area (Å²) in [6, 6.07) is 7.93. The quantitative estimate of drug-likeness (QED) is 0.556. The standard InChI is InChI=1S/C21H23F2N3O2.2CH2O2/c22-17-4-3-14(8-18(17)23)12-26-13-16(9-20-19(26)5-7-28-20)21(27)25-11-15-2-1-6-24-10-15;2*2-1-3/h1-4,6,8,10,16,19-20H,5,7,9,11-13H2,(H,25,27);2*1H,(H,2,3)/t16-,19+,20+;;/m0../s1. The Bertz CT molecular complexity index is 928. The van der Waals surface area contributed by atoms with Gasteiger partial charge < -0.3 is 20.3 Å². The lowest BCUT2D eigenvalue weighted by atomic mass is 9.89. The molecule has 1 aromatic heterocycles. The minimum Gasteiger partial charge on any atom is -0.483 e. The number of ether oxygens (including phenoxy) is 1. The van der Waals surface area contributed by atoms with Crippen LogP contribution in [0.25, 0.3) is 0 Å². The summed E-state index contributed by atoms with van der Waals surface area (Å²) in [5.74, 6) is -1.92. The molecule has 0 radical (unpaired) electrons. The number of halogens is 2. The molecule has 1 aromatic carbocycles. The molecule has 2 aliphatic heterocycles. The Labute approximate surface area is 195 Å². The zero-order valence-corrected chi connectivity index (χ0v) is 18.3. The summed E-state index contributed by atoms with van der Waals surface area (Å²) in [4.78, 5) is 35.7. The Hall–Kier alpha value is -3.44. The van der Waals surface area contributed by atoms with E-state index in [9.17, 15) is 13.6 Å². The van der Waals surface area contributed by atoms with Gasteiger partial charge in [-0.1, -0.05) is 12.1 Å².